The van der Waals surface area contributed by atoms with Crippen molar-refractivity contribution in [3.63, 3.8) is 0 Å². The van der Waals surface area contributed by atoms with Crippen LogP contribution in [-0.2, 0) is 18.3 Å². The maximum absolute atomic E-state index is 10.00. The second-order valence-corrected chi connectivity index (χ2v) is 6.83. The molecule has 0 amide bonds. The Morgan fingerprint density at radius 2 is 2.12 bits per heavy atom. The first kappa shape index (κ1) is 24.5. The molecule has 0 aliphatic carbocycles. The number of nitrogens with zero attached hydrogens (tertiary/aromatic N) is 3. The minimum Gasteiger partial charge on any atom is -0.389 e. The highest BCUT2D eigenvalue weighted by Crippen LogP contribution is 2.14. The van der Waals surface area contributed by atoms with E-state index in [1.54, 1.807) is 0 Å². The third kappa shape index (κ3) is 9.67. The zero-order valence-electron chi connectivity index (χ0n) is 15.8. The largest absolute Gasteiger partial charge is 0.389 e. The van der Waals surface area contributed by atoms with Crippen molar-refractivity contribution in [1.29, 1.82) is 0 Å². The van der Waals surface area contributed by atoms with Crippen molar-refractivity contribution < 1.29 is 9.84 Å². The summed E-state index contributed by atoms with van der Waals surface area (Å²) in [5, 5.41) is 14.0. The normalized spacial score (nSPS) is 12.9. The molecule has 0 saturated heterocycles. The van der Waals surface area contributed by atoms with Crippen molar-refractivity contribution in [2.75, 3.05) is 33.4 Å². The molecule has 8 heteroatoms. The van der Waals surface area contributed by atoms with Crippen LogP contribution in [0.4, 0.5) is 0 Å². The number of aliphatic imine (C=N–C) groups is 1. The maximum atomic E-state index is 10.00. The molecule has 6 nitrogen and oxygen atoms in total. The van der Waals surface area contributed by atoms with Crippen LogP contribution in [0.2, 0.25) is 5.02 Å². The van der Waals surface area contributed by atoms with Crippen molar-refractivity contribution in [3.8, 4) is 0 Å². The van der Waals surface area contributed by atoms with Crippen LogP contribution in [-0.4, -0.2) is 60.0 Å². The minimum atomic E-state index is -0.602. The molecule has 1 aromatic rings. The topological polar surface area (TPSA) is 62.0 Å². The van der Waals surface area contributed by atoms with Gasteiger partial charge in [0.15, 0.2) is 5.96 Å². The maximum Gasteiger partial charge on any atom is 0.194 e. The van der Waals surface area contributed by atoms with Gasteiger partial charge in [0, 0.05) is 39.1 Å². The van der Waals surface area contributed by atoms with Crippen molar-refractivity contribution in [2.24, 2.45) is 18.0 Å². The molecule has 1 unspecified atom stereocenters. The average Bonchev–Trinajstić information content (AvgIpc) is 2.80. The quantitative estimate of drug-likeness (QED) is 0.320. The lowest BCUT2D eigenvalue weighted by atomic mass is 10.2. The lowest BCUT2D eigenvalue weighted by Gasteiger charge is -2.23. The Morgan fingerprint density at radius 1 is 1.44 bits per heavy atom. The first-order chi connectivity index (χ1) is 11.3. The molecule has 1 rings (SSSR count). The van der Waals surface area contributed by atoms with Crippen LogP contribution in [0, 0.1) is 5.92 Å². The van der Waals surface area contributed by atoms with Crippen molar-refractivity contribution >= 4 is 41.5 Å². The van der Waals surface area contributed by atoms with Crippen molar-refractivity contribution in [1.82, 2.24) is 14.8 Å². The Morgan fingerprint density at radius 3 is 2.64 bits per heavy atom. The molecule has 0 aliphatic heterocycles. The van der Waals surface area contributed by atoms with Crippen LogP contribution >= 0.6 is 35.6 Å². The highest BCUT2D eigenvalue weighted by atomic mass is 127. The fourth-order valence-corrected chi connectivity index (χ4v) is 2.47. The average molecular weight is 487 g/mol. The van der Waals surface area contributed by atoms with Gasteiger partial charge in [-0.15, -0.1) is 24.0 Å². The molecule has 0 aromatic carbocycles. The highest BCUT2D eigenvalue weighted by Gasteiger charge is 2.11. The summed E-state index contributed by atoms with van der Waals surface area (Å²) >= 11 is 6.03. The zero-order chi connectivity index (χ0) is 18.1. The molecule has 1 aromatic heterocycles. The molecule has 0 aliphatic rings. The monoisotopic (exact) mass is 486 g/mol. The van der Waals surface area contributed by atoms with Crippen molar-refractivity contribution in [3.05, 3.63) is 23.0 Å². The summed E-state index contributed by atoms with van der Waals surface area (Å²) in [6.07, 6.45) is 1.28. The third-order valence-electron chi connectivity index (χ3n) is 3.38. The Labute approximate surface area is 173 Å². The van der Waals surface area contributed by atoms with Gasteiger partial charge in [-0.05, 0) is 18.9 Å². The van der Waals surface area contributed by atoms with E-state index in [0.717, 1.165) is 23.2 Å². The second-order valence-electron chi connectivity index (χ2n) is 6.40. The number of aliphatic hydroxyl groups is 1. The van der Waals surface area contributed by atoms with Crippen LogP contribution < -0.4 is 5.32 Å². The fraction of sp³-hybridized carbons (Fsp3) is 0.706. The first-order valence-electron chi connectivity index (χ1n) is 8.39. The molecule has 25 heavy (non-hydrogen) atoms. The Balaban J connectivity index is 0.00000576. The van der Waals surface area contributed by atoms with E-state index >= 15 is 0 Å². The van der Waals surface area contributed by atoms with E-state index in [2.05, 4.69) is 24.2 Å². The van der Waals surface area contributed by atoms with Gasteiger partial charge in [0.1, 0.15) is 0 Å². The Kier molecular flexibility index (Phi) is 12.5. The van der Waals surface area contributed by atoms with Gasteiger partial charge in [-0.2, -0.15) is 0 Å². The standard InChI is InChI=1S/C17H31ClN4O2.HI/c1-6-19-17(20-8-16(23)12-24-11-13(2)3)22(5)10-15-7-14(18)9-21(15)4;/h7,9,13,16,23H,6,8,10-12H2,1-5H3,(H,19,20);1H. The lowest BCUT2D eigenvalue weighted by Crippen LogP contribution is -2.39. The summed E-state index contributed by atoms with van der Waals surface area (Å²) in [6, 6.07) is 1.94. The molecule has 0 bridgehead atoms. The molecule has 0 saturated carbocycles. The van der Waals surface area contributed by atoms with E-state index in [4.69, 9.17) is 16.3 Å². The predicted molar refractivity (Wildman–Crippen MR) is 115 cm³/mol. The summed E-state index contributed by atoms with van der Waals surface area (Å²) in [6.45, 7) is 8.88. The number of rotatable bonds is 9. The van der Waals surface area contributed by atoms with E-state index in [0.29, 0.717) is 32.2 Å². The van der Waals surface area contributed by atoms with Gasteiger partial charge in [-0.25, -0.2) is 0 Å². The van der Waals surface area contributed by atoms with E-state index in [1.165, 1.54) is 0 Å². The van der Waals surface area contributed by atoms with Crippen LogP contribution in [0.25, 0.3) is 0 Å². The van der Waals surface area contributed by atoms with E-state index in [1.807, 2.05) is 42.7 Å². The van der Waals surface area contributed by atoms with Crippen LogP contribution in [0.15, 0.2) is 17.3 Å². The first-order valence-corrected chi connectivity index (χ1v) is 8.77. The highest BCUT2D eigenvalue weighted by molar-refractivity contribution is 14.0. The van der Waals surface area contributed by atoms with E-state index in [9.17, 15) is 5.11 Å². The number of halogens is 2. The fourth-order valence-electron chi connectivity index (χ4n) is 2.20. The molecule has 1 heterocycles. The van der Waals surface area contributed by atoms with Gasteiger partial charge in [0.25, 0.3) is 0 Å². The summed E-state index contributed by atoms with van der Waals surface area (Å²) < 4.78 is 7.45. The number of nitrogens with one attached hydrogen (secondary N) is 1. The number of hydrogen-bond donors (Lipinski definition) is 2. The van der Waals surface area contributed by atoms with Gasteiger partial charge >= 0.3 is 0 Å². The molecule has 146 valence electrons. The van der Waals surface area contributed by atoms with Crippen LogP contribution in [0.5, 0.6) is 0 Å². The van der Waals surface area contributed by atoms with Gasteiger partial charge in [0.2, 0.25) is 0 Å². The molecule has 2 N–H and O–H groups in total. The number of aryl methyl sites for hydroxylation is 1. The number of aliphatic hydroxyl groups excluding tert-OH is 1. The smallest absolute Gasteiger partial charge is 0.194 e. The number of aromatic nitrogens is 1. The molecular formula is C17H32ClIN4O2. The summed E-state index contributed by atoms with van der Waals surface area (Å²) in [7, 11) is 3.93. The van der Waals surface area contributed by atoms with Gasteiger partial charge < -0.3 is 24.6 Å². The second kappa shape index (κ2) is 12.8. The Hall–Kier alpha value is -0.510. The van der Waals surface area contributed by atoms with Crippen molar-refractivity contribution in [2.45, 2.75) is 33.4 Å². The van der Waals surface area contributed by atoms with Crippen LogP contribution in [0.3, 0.4) is 0 Å². The van der Waals surface area contributed by atoms with E-state index < -0.39 is 6.10 Å². The predicted octanol–water partition coefficient (Wildman–Crippen LogP) is 2.73. The molecule has 0 spiro atoms. The number of guanidine groups is 1. The Bertz CT molecular complexity index is 523. The minimum absolute atomic E-state index is 0. The number of ether oxygens (including phenoxy) is 1. The SMILES string of the molecule is CCNC(=NCC(O)COCC(C)C)N(C)Cc1cc(Cl)cn1C.I. The molecule has 0 radical (unpaired) electrons. The summed E-state index contributed by atoms with van der Waals surface area (Å²) in [5.41, 5.74) is 1.09. The van der Waals surface area contributed by atoms with Gasteiger partial charge in [-0.3, -0.25) is 4.99 Å². The van der Waals surface area contributed by atoms with E-state index in [-0.39, 0.29) is 24.0 Å². The summed E-state index contributed by atoms with van der Waals surface area (Å²) in [4.78, 5) is 6.51. The molecule has 0 fully saturated rings. The van der Waals surface area contributed by atoms with Gasteiger partial charge in [0.05, 0.1) is 30.8 Å². The number of hydrogen-bond acceptors (Lipinski definition) is 3. The molecular weight excluding hydrogens is 455 g/mol. The lowest BCUT2D eigenvalue weighted by molar-refractivity contribution is 0.0300. The van der Waals surface area contributed by atoms with Gasteiger partial charge in [-0.1, -0.05) is 25.4 Å². The van der Waals surface area contributed by atoms with Crippen LogP contribution in [0.1, 0.15) is 26.5 Å². The molecule has 1 atom stereocenters. The third-order valence-corrected chi connectivity index (χ3v) is 3.59. The zero-order valence-corrected chi connectivity index (χ0v) is 18.9. The summed E-state index contributed by atoms with van der Waals surface area (Å²) in [5.74, 6) is 1.21.